The van der Waals surface area contributed by atoms with E-state index in [0.29, 0.717) is 13.1 Å². The van der Waals surface area contributed by atoms with E-state index in [2.05, 4.69) is 5.32 Å². The summed E-state index contributed by atoms with van der Waals surface area (Å²) in [4.78, 5) is 26.7. The molecule has 0 spiro atoms. The van der Waals surface area contributed by atoms with E-state index in [1.807, 2.05) is 63.2 Å². The number of hydrogen-bond donors (Lipinski definition) is 1. The van der Waals surface area contributed by atoms with Gasteiger partial charge in [-0.3, -0.25) is 9.59 Å². The van der Waals surface area contributed by atoms with E-state index >= 15 is 0 Å². The van der Waals surface area contributed by atoms with Crippen molar-refractivity contribution in [1.82, 2.24) is 5.32 Å². The van der Waals surface area contributed by atoms with E-state index in [1.165, 1.54) is 0 Å². The third kappa shape index (κ3) is 3.58. The number of carbonyl (C=O) groups excluding carboxylic acids is 2. The lowest BCUT2D eigenvalue weighted by atomic mass is 10.1. The summed E-state index contributed by atoms with van der Waals surface area (Å²) in [5.41, 5.74) is 5.42. The molecule has 2 aromatic carbocycles. The molecule has 1 saturated heterocycles. The highest BCUT2D eigenvalue weighted by atomic mass is 16.2. The van der Waals surface area contributed by atoms with Gasteiger partial charge >= 0.3 is 0 Å². The van der Waals surface area contributed by atoms with Gasteiger partial charge in [-0.05, 0) is 49.1 Å². The highest BCUT2D eigenvalue weighted by Gasteiger charge is 2.35. The Bertz CT molecular complexity index is 813. The molecule has 0 saturated carbocycles. The van der Waals surface area contributed by atoms with Gasteiger partial charge in [-0.2, -0.15) is 0 Å². The summed E-state index contributed by atoms with van der Waals surface area (Å²) >= 11 is 0. The zero-order valence-electron chi connectivity index (χ0n) is 15.0. The van der Waals surface area contributed by atoms with E-state index in [-0.39, 0.29) is 24.2 Å². The van der Waals surface area contributed by atoms with Crippen molar-refractivity contribution in [3.05, 3.63) is 64.7 Å². The van der Waals surface area contributed by atoms with E-state index in [1.54, 1.807) is 4.90 Å². The van der Waals surface area contributed by atoms with Crippen molar-refractivity contribution in [1.29, 1.82) is 0 Å². The Labute approximate surface area is 148 Å². The van der Waals surface area contributed by atoms with Gasteiger partial charge in [0.2, 0.25) is 11.8 Å². The molecule has 2 amide bonds. The Morgan fingerprint density at radius 2 is 1.80 bits per heavy atom. The van der Waals surface area contributed by atoms with Crippen molar-refractivity contribution in [2.45, 2.75) is 33.7 Å². The summed E-state index contributed by atoms with van der Waals surface area (Å²) in [5.74, 6) is -0.328. The molecule has 25 heavy (non-hydrogen) atoms. The minimum atomic E-state index is -0.295. The lowest BCUT2D eigenvalue weighted by molar-refractivity contribution is -0.126. The Balaban J connectivity index is 1.67. The molecule has 1 atom stereocenters. The van der Waals surface area contributed by atoms with Crippen molar-refractivity contribution < 1.29 is 9.59 Å². The summed E-state index contributed by atoms with van der Waals surface area (Å²) in [6, 6.07) is 13.9. The Morgan fingerprint density at radius 3 is 2.56 bits per heavy atom. The number of hydrogen-bond acceptors (Lipinski definition) is 2. The van der Waals surface area contributed by atoms with E-state index in [0.717, 1.165) is 27.9 Å². The first-order valence-electron chi connectivity index (χ1n) is 8.66. The fourth-order valence-corrected chi connectivity index (χ4v) is 3.28. The molecule has 1 aliphatic rings. The molecule has 130 valence electrons. The van der Waals surface area contributed by atoms with Crippen LogP contribution in [0.2, 0.25) is 0 Å². The molecule has 0 unspecified atom stereocenters. The van der Waals surface area contributed by atoms with Crippen molar-refractivity contribution in [2.24, 2.45) is 5.92 Å². The lowest BCUT2D eigenvalue weighted by Crippen LogP contribution is -2.33. The van der Waals surface area contributed by atoms with Crippen LogP contribution in [0.5, 0.6) is 0 Å². The highest BCUT2D eigenvalue weighted by molar-refractivity contribution is 6.00. The first kappa shape index (κ1) is 17.2. The number of benzene rings is 2. The number of nitrogens with one attached hydrogen (secondary N) is 1. The normalized spacial score (nSPS) is 17.0. The first-order valence-corrected chi connectivity index (χ1v) is 8.66. The number of anilines is 1. The summed E-state index contributed by atoms with van der Waals surface area (Å²) in [5, 5.41) is 2.98. The summed E-state index contributed by atoms with van der Waals surface area (Å²) in [7, 11) is 0. The average Bonchev–Trinajstić information content (AvgIpc) is 2.98. The van der Waals surface area contributed by atoms with Gasteiger partial charge in [0, 0.05) is 25.2 Å². The van der Waals surface area contributed by atoms with E-state index < -0.39 is 0 Å². The quantitative estimate of drug-likeness (QED) is 0.931. The molecule has 0 radical (unpaired) electrons. The van der Waals surface area contributed by atoms with Crippen LogP contribution in [0.1, 0.15) is 28.7 Å². The topological polar surface area (TPSA) is 49.4 Å². The number of aryl methyl sites for hydroxylation is 2. The molecule has 4 heteroatoms. The SMILES string of the molecule is Cc1ccccc1CNC(=O)[C@H]1CC(=O)N(c2cccc(C)c2C)C1. The standard InChI is InChI=1S/C21H24N2O2/c1-14-8-6-10-19(16(14)3)23-13-18(11-20(23)24)21(25)22-12-17-9-5-4-7-15(17)2/h4-10,18H,11-13H2,1-3H3,(H,22,25)/t18-/m0/s1. The molecule has 2 aromatic rings. The molecule has 3 rings (SSSR count). The second kappa shape index (κ2) is 7.09. The molecule has 0 bridgehead atoms. The lowest BCUT2D eigenvalue weighted by Gasteiger charge is -2.20. The van der Waals surface area contributed by atoms with Crippen molar-refractivity contribution in [3.63, 3.8) is 0 Å². The van der Waals surface area contributed by atoms with Gasteiger partial charge in [0.15, 0.2) is 0 Å². The number of amides is 2. The predicted molar refractivity (Wildman–Crippen MR) is 99.4 cm³/mol. The minimum Gasteiger partial charge on any atom is -0.352 e. The maximum Gasteiger partial charge on any atom is 0.227 e. The Hall–Kier alpha value is -2.62. The molecule has 0 aromatic heterocycles. The second-order valence-corrected chi connectivity index (χ2v) is 6.77. The smallest absolute Gasteiger partial charge is 0.227 e. The van der Waals surface area contributed by atoms with Gasteiger partial charge < -0.3 is 10.2 Å². The third-order valence-electron chi connectivity index (χ3n) is 5.08. The zero-order valence-corrected chi connectivity index (χ0v) is 15.0. The van der Waals surface area contributed by atoms with Crippen LogP contribution in [0, 0.1) is 26.7 Å². The van der Waals surface area contributed by atoms with Gasteiger partial charge in [-0.25, -0.2) is 0 Å². The van der Waals surface area contributed by atoms with Gasteiger partial charge in [0.1, 0.15) is 0 Å². The summed E-state index contributed by atoms with van der Waals surface area (Å²) < 4.78 is 0. The fourth-order valence-electron chi connectivity index (χ4n) is 3.28. The van der Waals surface area contributed by atoms with Crippen LogP contribution in [-0.2, 0) is 16.1 Å². The van der Waals surface area contributed by atoms with Crippen molar-refractivity contribution >= 4 is 17.5 Å². The highest BCUT2D eigenvalue weighted by Crippen LogP contribution is 2.29. The fraction of sp³-hybridized carbons (Fsp3) is 0.333. The molecule has 1 aliphatic heterocycles. The molecule has 1 fully saturated rings. The van der Waals surface area contributed by atoms with Crippen LogP contribution in [0.3, 0.4) is 0 Å². The van der Waals surface area contributed by atoms with E-state index in [9.17, 15) is 9.59 Å². The first-order chi connectivity index (χ1) is 12.0. The molecular weight excluding hydrogens is 312 g/mol. The Kier molecular flexibility index (Phi) is 4.88. The summed E-state index contributed by atoms with van der Waals surface area (Å²) in [6.07, 6.45) is 0.271. The van der Waals surface area contributed by atoms with Crippen molar-refractivity contribution in [3.8, 4) is 0 Å². The monoisotopic (exact) mass is 336 g/mol. The predicted octanol–water partition coefficient (Wildman–Crippen LogP) is 3.28. The van der Waals surface area contributed by atoms with Gasteiger partial charge in [0.25, 0.3) is 0 Å². The van der Waals surface area contributed by atoms with Crippen LogP contribution in [0.15, 0.2) is 42.5 Å². The van der Waals surface area contributed by atoms with Crippen LogP contribution < -0.4 is 10.2 Å². The molecule has 1 heterocycles. The van der Waals surface area contributed by atoms with Gasteiger partial charge in [-0.15, -0.1) is 0 Å². The molecule has 4 nitrogen and oxygen atoms in total. The van der Waals surface area contributed by atoms with Crippen molar-refractivity contribution in [2.75, 3.05) is 11.4 Å². The van der Waals surface area contributed by atoms with Crippen LogP contribution in [0.25, 0.3) is 0 Å². The maximum atomic E-state index is 12.5. The van der Waals surface area contributed by atoms with Gasteiger partial charge in [-0.1, -0.05) is 36.4 Å². The van der Waals surface area contributed by atoms with Crippen LogP contribution in [-0.4, -0.2) is 18.4 Å². The Morgan fingerprint density at radius 1 is 1.08 bits per heavy atom. The second-order valence-electron chi connectivity index (χ2n) is 6.77. The third-order valence-corrected chi connectivity index (χ3v) is 5.08. The summed E-state index contributed by atoms with van der Waals surface area (Å²) in [6.45, 7) is 7.03. The molecule has 1 N–H and O–H groups in total. The minimum absolute atomic E-state index is 0.0183. The van der Waals surface area contributed by atoms with E-state index in [4.69, 9.17) is 0 Å². The largest absolute Gasteiger partial charge is 0.352 e. The van der Waals surface area contributed by atoms with Crippen LogP contribution >= 0.6 is 0 Å². The molecular formula is C21H24N2O2. The average molecular weight is 336 g/mol. The van der Waals surface area contributed by atoms with Crippen LogP contribution in [0.4, 0.5) is 5.69 Å². The molecule has 0 aliphatic carbocycles. The number of carbonyl (C=O) groups is 2. The maximum absolute atomic E-state index is 12.5. The number of rotatable bonds is 4. The number of nitrogens with zero attached hydrogens (tertiary/aromatic N) is 1. The zero-order chi connectivity index (χ0) is 18.0. The van der Waals surface area contributed by atoms with Gasteiger partial charge in [0.05, 0.1) is 5.92 Å².